The van der Waals surface area contributed by atoms with E-state index in [1.165, 1.54) is 9.47 Å². The Morgan fingerprint density at radius 3 is 2.82 bits per heavy atom. The number of amides is 1. The second-order valence-electron chi connectivity index (χ2n) is 4.16. The minimum Gasteiger partial charge on any atom is -0.394 e. The van der Waals surface area contributed by atoms with Gasteiger partial charge in [0.25, 0.3) is 5.56 Å². The lowest BCUT2D eigenvalue weighted by atomic mass is 10.3. The highest BCUT2D eigenvalue weighted by Crippen LogP contribution is 1.97. The summed E-state index contributed by atoms with van der Waals surface area (Å²) in [7, 11) is 1.62. The lowest BCUT2D eigenvalue weighted by Gasteiger charge is -2.23. The Morgan fingerprint density at radius 2 is 2.24 bits per heavy atom. The van der Waals surface area contributed by atoms with Crippen LogP contribution in [0.1, 0.15) is 12.5 Å². The van der Waals surface area contributed by atoms with E-state index in [9.17, 15) is 9.59 Å². The fourth-order valence-corrected chi connectivity index (χ4v) is 1.41. The predicted octanol–water partition coefficient (Wildman–Crippen LogP) is -0.00408. The molecule has 5 nitrogen and oxygen atoms in total. The van der Waals surface area contributed by atoms with Crippen LogP contribution >= 0.6 is 0 Å². The summed E-state index contributed by atoms with van der Waals surface area (Å²) in [5.41, 5.74) is 0.448. The minimum atomic E-state index is -0.247. The molecule has 1 aromatic rings. The first-order valence-electron chi connectivity index (χ1n) is 5.50. The first-order chi connectivity index (χ1) is 7.97. The van der Waals surface area contributed by atoms with Crippen LogP contribution in [-0.4, -0.2) is 40.2 Å². The standard InChI is InChI=1S/C12H18N2O3/c1-9-5-4-6-14(12(9)17)7-11(16)13(3)10(2)8-15/h4-6,10,15H,7-8H2,1-3H3. The van der Waals surface area contributed by atoms with Gasteiger partial charge < -0.3 is 14.6 Å². The number of nitrogens with zero attached hydrogens (tertiary/aromatic N) is 2. The Kier molecular flexibility index (Phi) is 4.45. The smallest absolute Gasteiger partial charge is 0.253 e. The zero-order chi connectivity index (χ0) is 13.0. The molecule has 17 heavy (non-hydrogen) atoms. The molecule has 1 rings (SSSR count). The van der Waals surface area contributed by atoms with Gasteiger partial charge in [-0.3, -0.25) is 9.59 Å². The topological polar surface area (TPSA) is 62.5 Å². The largest absolute Gasteiger partial charge is 0.394 e. The fraction of sp³-hybridized carbons (Fsp3) is 0.500. The number of carbonyl (C=O) groups is 1. The number of carbonyl (C=O) groups excluding carboxylic acids is 1. The second kappa shape index (κ2) is 5.63. The monoisotopic (exact) mass is 238 g/mol. The number of hydrogen-bond donors (Lipinski definition) is 1. The van der Waals surface area contributed by atoms with Crippen molar-refractivity contribution < 1.29 is 9.90 Å². The van der Waals surface area contributed by atoms with Crippen molar-refractivity contribution >= 4 is 5.91 Å². The normalized spacial score (nSPS) is 12.2. The Hall–Kier alpha value is -1.62. The third-order valence-corrected chi connectivity index (χ3v) is 2.83. The van der Waals surface area contributed by atoms with Crippen LogP contribution in [0.2, 0.25) is 0 Å². The van der Waals surface area contributed by atoms with E-state index in [1.807, 2.05) is 0 Å². The molecule has 94 valence electrons. The SMILES string of the molecule is Cc1cccn(CC(=O)N(C)C(C)CO)c1=O. The van der Waals surface area contributed by atoms with E-state index >= 15 is 0 Å². The summed E-state index contributed by atoms with van der Waals surface area (Å²) in [5.74, 6) is -0.195. The van der Waals surface area contributed by atoms with Crippen molar-refractivity contribution in [1.29, 1.82) is 0 Å². The molecule has 1 N–H and O–H groups in total. The van der Waals surface area contributed by atoms with Crippen LogP contribution < -0.4 is 5.56 Å². The van der Waals surface area contributed by atoms with Crippen molar-refractivity contribution in [2.75, 3.05) is 13.7 Å². The number of pyridine rings is 1. The molecule has 1 atom stereocenters. The molecule has 1 aromatic heterocycles. The van der Waals surface area contributed by atoms with Crippen molar-refractivity contribution in [3.8, 4) is 0 Å². The Morgan fingerprint density at radius 1 is 1.59 bits per heavy atom. The van der Waals surface area contributed by atoms with E-state index in [0.29, 0.717) is 5.56 Å². The van der Waals surface area contributed by atoms with Crippen LogP contribution in [0.15, 0.2) is 23.1 Å². The summed E-state index contributed by atoms with van der Waals surface area (Å²) in [4.78, 5) is 25.0. The molecule has 0 aliphatic heterocycles. The van der Waals surface area contributed by atoms with Gasteiger partial charge in [0.1, 0.15) is 6.54 Å². The molecular formula is C12H18N2O3. The number of likely N-dealkylation sites (N-methyl/N-ethyl adjacent to an activating group) is 1. The molecule has 1 unspecified atom stereocenters. The quantitative estimate of drug-likeness (QED) is 0.803. The van der Waals surface area contributed by atoms with Gasteiger partial charge in [0.2, 0.25) is 5.91 Å². The minimum absolute atomic E-state index is 0.00134. The van der Waals surface area contributed by atoms with Crippen molar-refractivity contribution in [2.24, 2.45) is 0 Å². The molecule has 1 amide bonds. The molecule has 0 radical (unpaired) electrons. The summed E-state index contributed by atoms with van der Waals surface area (Å²) < 4.78 is 1.37. The summed E-state index contributed by atoms with van der Waals surface area (Å²) in [6, 6.07) is 3.20. The van der Waals surface area contributed by atoms with E-state index < -0.39 is 0 Å². The molecule has 0 fully saturated rings. The highest BCUT2D eigenvalue weighted by Gasteiger charge is 2.15. The van der Waals surface area contributed by atoms with E-state index in [4.69, 9.17) is 5.11 Å². The third kappa shape index (κ3) is 3.17. The Balaban J connectivity index is 2.82. The van der Waals surface area contributed by atoms with Crippen molar-refractivity contribution in [1.82, 2.24) is 9.47 Å². The maximum absolute atomic E-state index is 11.8. The maximum Gasteiger partial charge on any atom is 0.253 e. The molecule has 1 heterocycles. The zero-order valence-corrected chi connectivity index (χ0v) is 10.4. The Bertz CT molecular complexity index is 453. The maximum atomic E-state index is 11.8. The van der Waals surface area contributed by atoms with Gasteiger partial charge in [-0.05, 0) is 19.9 Å². The number of rotatable bonds is 4. The Labute approximate surface area is 100 Å². The lowest BCUT2D eigenvalue weighted by Crippen LogP contribution is -2.40. The van der Waals surface area contributed by atoms with Gasteiger partial charge in [0.05, 0.1) is 12.6 Å². The van der Waals surface area contributed by atoms with Crippen molar-refractivity contribution in [3.05, 3.63) is 34.2 Å². The molecular weight excluding hydrogens is 220 g/mol. The van der Waals surface area contributed by atoms with Crippen molar-refractivity contribution in [2.45, 2.75) is 26.4 Å². The molecule has 0 aliphatic rings. The van der Waals surface area contributed by atoms with E-state index in [-0.39, 0.29) is 30.7 Å². The van der Waals surface area contributed by atoms with Gasteiger partial charge in [-0.25, -0.2) is 0 Å². The van der Waals surface area contributed by atoms with Crippen molar-refractivity contribution in [3.63, 3.8) is 0 Å². The van der Waals surface area contributed by atoms with Crippen LogP contribution in [-0.2, 0) is 11.3 Å². The summed E-state index contributed by atoms with van der Waals surface area (Å²) in [6.07, 6.45) is 1.59. The van der Waals surface area contributed by atoms with Gasteiger partial charge in [-0.15, -0.1) is 0 Å². The van der Waals surface area contributed by atoms with Crippen LogP contribution in [0.25, 0.3) is 0 Å². The first kappa shape index (κ1) is 13.4. The van der Waals surface area contributed by atoms with Crippen LogP contribution in [0.5, 0.6) is 0 Å². The van der Waals surface area contributed by atoms with Gasteiger partial charge in [-0.1, -0.05) is 6.07 Å². The van der Waals surface area contributed by atoms with Gasteiger partial charge >= 0.3 is 0 Å². The number of aliphatic hydroxyl groups excluding tert-OH is 1. The van der Waals surface area contributed by atoms with Gasteiger partial charge in [-0.2, -0.15) is 0 Å². The first-order valence-corrected chi connectivity index (χ1v) is 5.50. The molecule has 0 spiro atoms. The van der Waals surface area contributed by atoms with Crippen LogP contribution in [0.4, 0.5) is 0 Å². The second-order valence-corrected chi connectivity index (χ2v) is 4.16. The van der Waals surface area contributed by atoms with E-state index in [1.54, 1.807) is 39.2 Å². The summed E-state index contributed by atoms with van der Waals surface area (Å²) >= 11 is 0. The van der Waals surface area contributed by atoms with Gasteiger partial charge in [0.15, 0.2) is 0 Å². The average molecular weight is 238 g/mol. The molecule has 5 heteroatoms. The predicted molar refractivity (Wildman–Crippen MR) is 64.8 cm³/mol. The number of aromatic nitrogens is 1. The zero-order valence-electron chi connectivity index (χ0n) is 10.4. The highest BCUT2D eigenvalue weighted by atomic mass is 16.3. The molecule has 0 bridgehead atoms. The van der Waals surface area contributed by atoms with Crippen LogP contribution in [0.3, 0.4) is 0 Å². The number of aliphatic hydroxyl groups is 1. The number of hydrogen-bond acceptors (Lipinski definition) is 3. The van der Waals surface area contributed by atoms with E-state index in [2.05, 4.69) is 0 Å². The molecule has 0 saturated carbocycles. The highest BCUT2D eigenvalue weighted by molar-refractivity contribution is 5.76. The molecule has 0 aliphatic carbocycles. The van der Waals surface area contributed by atoms with E-state index in [0.717, 1.165) is 0 Å². The third-order valence-electron chi connectivity index (χ3n) is 2.83. The fourth-order valence-electron chi connectivity index (χ4n) is 1.41. The van der Waals surface area contributed by atoms with Gasteiger partial charge in [0, 0.05) is 18.8 Å². The average Bonchev–Trinajstić information content (AvgIpc) is 2.32. The molecule has 0 aromatic carbocycles. The molecule has 0 saturated heterocycles. The lowest BCUT2D eigenvalue weighted by molar-refractivity contribution is -0.133. The number of aryl methyl sites for hydroxylation is 1. The van der Waals surface area contributed by atoms with Crippen LogP contribution in [0, 0.1) is 6.92 Å². The summed E-state index contributed by atoms with van der Waals surface area (Å²) in [5, 5.41) is 8.96. The summed E-state index contributed by atoms with van der Waals surface area (Å²) in [6.45, 7) is 3.37.